The van der Waals surface area contributed by atoms with Crippen molar-refractivity contribution in [3.63, 3.8) is 0 Å². The van der Waals surface area contributed by atoms with E-state index < -0.39 is 0 Å². The number of carbonyl (C=O) groups excluding carboxylic acids is 1. The minimum atomic E-state index is -0.137. The maximum Gasteiger partial charge on any atom is 0.273 e. The summed E-state index contributed by atoms with van der Waals surface area (Å²) in [6.07, 6.45) is 2.14. The fourth-order valence-electron chi connectivity index (χ4n) is 2.32. The number of nitrogens with one attached hydrogen (secondary N) is 1. The molecule has 1 unspecified atom stereocenters. The number of ether oxygens (including phenoxy) is 1. The number of nitrogens with zero attached hydrogens (tertiary/aromatic N) is 3. The van der Waals surface area contributed by atoms with E-state index >= 15 is 0 Å². The van der Waals surface area contributed by atoms with Crippen LogP contribution in [0.15, 0.2) is 12.1 Å². The van der Waals surface area contributed by atoms with Crippen LogP contribution in [0.2, 0.25) is 0 Å². The Morgan fingerprint density at radius 2 is 2.05 bits per heavy atom. The van der Waals surface area contributed by atoms with Crippen LogP contribution in [-0.4, -0.2) is 54.4 Å². The molecule has 6 heteroatoms. The molecule has 1 aromatic heterocycles. The molecule has 0 bridgehead atoms. The van der Waals surface area contributed by atoms with Crippen molar-refractivity contribution in [2.24, 2.45) is 5.92 Å². The summed E-state index contributed by atoms with van der Waals surface area (Å²) in [5.74, 6) is 1.16. The fraction of sp³-hybridized carbons (Fsp3) is 0.643. The molecule has 1 aromatic rings. The lowest BCUT2D eigenvalue weighted by molar-refractivity contribution is 0.0622. The third-order valence-corrected chi connectivity index (χ3v) is 3.64. The summed E-state index contributed by atoms with van der Waals surface area (Å²) in [5, 5.41) is 11.4. The molecule has 2 heterocycles. The van der Waals surface area contributed by atoms with Crippen molar-refractivity contribution in [1.29, 1.82) is 0 Å². The second-order valence-electron chi connectivity index (χ2n) is 5.39. The van der Waals surface area contributed by atoms with Crippen LogP contribution in [-0.2, 0) is 4.74 Å². The highest BCUT2D eigenvalue weighted by Crippen LogP contribution is 2.20. The number of carbonyl (C=O) groups is 1. The average molecular weight is 278 g/mol. The first-order valence-electron chi connectivity index (χ1n) is 6.97. The summed E-state index contributed by atoms with van der Waals surface area (Å²) in [4.78, 5) is 13.2. The Kier molecular flexibility index (Phi) is 4.89. The van der Waals surface area contributed by atoms with E-state index in [1.807, 2.05) is 0 Å². The Morgan fingerprint density at radius 3 is 2.60 bits per heavy atom. The zero-order valence-corrected chi connectivity index (χ0v) is 12.3. The van der Waals surface area contributed by atoms with Gasteiger partial charge in [-0.25, -0.2) is 0 Å². The van der Waals surface area contributed by atoms with Gasteiger partial charge in [-0.3, -0.25) is 4.79 Å². The third kappa shape index (κ3) is 3.66. The van der Waals surface area contributed by atoms with E-state index in [2.05, 4.69) is 22.4 Å². The molecular formula is C14H22N4O2. The van der Waals surface area contributed by atoms with Crippen LogP contribution in [0.5, 0.6) is 0 Å². The third-order valence-electron chi connectivity index (χ3n) is 3.64. The summed E-state index contributed by atoms with van der Waals surface area (Å²) in [7, 11) is 3.40. The molecule has 1 aliphatic heterocycles. The average Bonchev–Trinajstić information content (AvgIpc) is 2.48. The molecule has 1 amide bonds. The lowest BCUT2D eigenvalue weighted by atomic mass is 9.93. The highest BCUT2D eigenvalue weighted by atomic mass is 16.5. The molecule has 1 N–H and O–H groups in total. The van der Waals surface area contributed by atoms with Gasteiger partial charge in [0.05, 0.1) is 0 Å². The number of aromatic nitrogens is 2. The molecule has 110 valence electrons. The molecule has 1 atom stereocenters. The second kappa shape index (κ2) is 6.65. The largest absolute Gasteiger partial charge is 0.381 e. The zero-order valence-electron chi connectivity index (χ0n) is 12.3. The van der Waals surface area contributed by atoms with Crippen LogP contribution in [0, 0.1) is 5.92 Å². The van der Waals surface area contributed by atoms with E-state index in [-0.39, 0.29) is 5.91 Å². The van der Waals surface area contributed by atoms with Gasteiger partial charge in [0.25, 0.3) is 5.91 Å². The first kappa shape index (κ1) is 14.7. The highest BCUT2D eigenvalue weighted by Gasteiger charge is 2.20. The molecule has 20 heavy (non-hydrogen) atoms. The molecule has 0 spiro atoms. The van der Waals surface area contributed by atoms with Gasteiger partial charge in [0.1, 0.15) is 5.82 Å². The quantitative estimate of drug-likeness (QED) is 0.902. The first-order valence-corrected chi connectivity index (χ1v) is 6.97. The number of rotatable bonds is 4. The molecule has 1 aliphatic rings. The van der Waals surface area contributed by atoms with Crippen molar-refractivity contribution in [3.05, 3.63) is 17.8 Å². The smallest absolute Gasteiger partial charge is 0.273 e. The lowest BCUT2D eigenvalue weighted by Crippen LogP contribution is -2.31. The number of hydrogen-bond donors (Lipinski definition) is 1. The summed E-state index contributed by atoms with van der Waals surface area (Å²) >= 11 is 0. The van der Waals surface area contributed by atoms with E-state index in [1.165, 1.54) is 4.90 Å². The van der Waals surface area contributed by atoms with Crippen molar-refractivity contribution in [2.75, 3.05) is 32.6 Å². The molecular weight excluding hydrogens is 256 g/mol. The maximum absolute atomic E-state index is 11.7. The molecule has 1 fully saturated rings. The normalized spacial score (nSPS) is 17.6. The first-order chi connectivity index (χ1) is 9.58. The topological polar surface area (TPSA) is 67.4 Å². The van der Waals surface area contributed by atoms with Crippen LogP contribution < -0.4 is 5.32 Å². The summed E-state index contributed by atoms with van der Waals surface area (Å²) in [6, 6.07) is 3.83. The second-order valence-corrected chi connectivity index (χ2v) is 5.39. The van der Waals surface area contributed by atoms with E-state index in [9.17, 15) is 4.79 Å². The predicted octanol–water partition coefficient (Wildman–Crippen LogP) is 1.41. The monoisotopic (exact) mass is 278 g/mol. The summed E-state index contributed by atoms with van der Waals surface area (Å²) in [6.45, 7) is 3.81. The van der Waals surface area contributed by atoms with Crippen molar-refractivity contribution < 1.29 is 9.53 Å². The molecule has 0 saturated carbocycles. The van der Waals surface area contributed by atoms with Crippen LogP contribution in [0.3, 0.4) is 0 Å². The molecule has 2 rings (SSSR count). The Labute approximate surface area is 119 Å². The van der Waals surface area contributed by atoms with Gasteiger partial charge in [0, 0.05) is 33.4 Å². The van der Waals surface area contributed by atoms with Crippen LogP contribution in [0.25, 0.3) is 0 Å². The molecule has 1 saturated heterocycles. The SMILES string of the molecule is CC(Nc1ccc(C(=O)N(C)C)nn1)C1CCOCC1. The van der Waals surface area contributed by atoms with E-state index in [4.69, 9.17) is 4.74 Å². The molecule has 0 aliphatic carbocycles. The van der Waals surface area contributed by atoms with Crippen LogP contribution in [0.4, 0.5) is 5.82 Å². The summed E-state index contributed by atoms with van der Waals surface area (Å²) < 4.78 is 5.37. The maximum atomic E-state index is 11.7. The Morgan fingerprint density at radius 1 is 1.35 bits per heavy atom. The van der Waals surface area contributed by atoms with Crippen molar-refractivity contribution in [3.8, 4) is 0 Å². The zero-order chi connectivity index (χ0) is 14.5. The molecule has 6 nitrogen and oxygen atoms in total. The standard InChI is InChI=1S/C14H22N4O2/c1-10(11-6-8-20-9-7-11)15-13-5-4-12(16-17-13)14(19)18(2)3/h4-5,10-11H,6-9H2,1-3H3,(H,15,17). The van der Waals surface area contributed by atoms with Crippen LogP contribution >= 0.6 is 0 Å². The Hall–Kier alpha value is -1.69. The van der Waals surface area contributed by atoms with Gasteiger partial charge in [0.2, 0.25) is 0 Å². The lowest BCUT2D eigenvalue weighted by Gasteiger charge is -2.28. The predicted molar refractivity (Wildman–Crippen MR) is 76.7 cm³/mol. The highest BCUT2D eigenvalue weighted by molar-refractivity contribution is 5.91. The van der Waals surface area contributed by atoms with E-state index in [0.29, 0.717) is 23.5 Å². The molecule has 0 radical (unpaired) electrons. The van der Waals surface area contributed by atoms with Gasteiger partial charge >= 0.3 is 0 Å². The fourth-order valence-corrected chi connectivity index (χ4v) is 2.32. The van der Waals surface area contributed by atoms with E-state index in [0.717, 1.165) is 26.1 Å². The minimum absolute atomic E-state index is 0.137. The van der Waals surface area contributed by atoms with Gasteiger partial charge in [-0.1, -0.05) is 0 Å². The molecule has 0 aromatic carbocycles. The number of amides is 1. The van der Waals surface area contributed by atoms with Gasteiger partial charge in [0.15, 0.2) is 5.69 Å². The van der Waals surface area contributed by atoms with Crippen LogP contribution in [0.1, 0.15) is 30.3 Å². The van der Waals surface area contributed by atoms with Gasteiger partial charge in [-0.2, -0.15) is 0 Å². The Bertz CT molecular complexity index is 441. The van der Waals surface area contributed by atoms with E-state index in [1.54, 1.807) is 26.2 Å². The van der Waals surface area contributed by atoms with Gasteiger partial charge in [-0.05, 0) is 37.8 Å². The minimum Gasteiger partial charge on any atom is -0.381 e. The van der Waals surface area contributed by atoms with Crippen molar-refractivity contribution in [2.45, 2.75) is 25.8 Å². The van der Waals surface area contributed by atoms with Gasteiger partial charge < -0.3 is 15.0 Å². The van der Waals surface area contributed by atoms with Crippen molar-refractivity contribution >= 4 is 11.7 Å². The van der Waals surface area contributed by atoms with Gasteiger partial charge in [-0.15, -0.1) is 10.2 Å². The number of anilines is 1. The number of hydrogen-bond acceptors (Lipinski definition) is 5. The summed E-state index contributed by atoms with van der Waals surface area (Å²) in [5.41, 5.74) is 0.360. The van der Waals surface area contributed by atoms with Crippen molar-refractivity contribution in [1.82, 2.24) is 15.1 Å². The Balaban J connectivity index is 1.94.